The number of sulfonamides is 1. The molecular formula is C10H18N2O2S2. The monoisotopic (exact) mass is 262 g/mol. The topological polar surface area (TPSA) is 58.2 Å². The van der Waals surface area contributed by atoms with E-state index in [1.807, 2.05) is 6.07 Å². The molecule has 1 aromatic heterocycles. The summed E-state index contributed by atoms with van der Waals surface area (Å²) in [6, 6.07) is 4.44. The summed E-state index contributed by atoms with van der Waals surface area (Å²) in [5.41, 5.74) is 0. The van der Waals surface area contributed by atoms with E-state index in [0.29, 0.717) is 19.1 Å². The van der Waals surface area contributed by atoms with Crippen LogP contribution in [0, 0.1) is 0 Å². The van der Waals surface area contributed by atoms with E-state index < -0.39 is 10.0 Å². The molecule has 0 bridgehead atoms. The maximum absolute atomic E-state index is 10.8. The highest BCUT2D eigenvalue weighted by Crippen LogP contribution is 2.21. The molecule has 1 heterocycles. The SMILES string of the molecule is CCC(NCCNS(C)(=O)=O)c1cccs1. The van der Waals surface area contributed by atoms with Gasteiger partial charge in [0.1, 0.15) is 0 Å². The number of thiophene rings is 1. The van der Waals surface area contributed by atoms with Crippen molar-refractivity contribution >= 4 is 21.4 Å². The number of hydrogen-bond acceptors (Lipinski definition) is 4. The molecule has 0 aromatic carbocycles. The Morgan fingerprint density at radius 3 is 2.69 bits per heavy atom. The van der Waals surface area contributed by atoms with Gasteiger partial charge in [-0.2, -0.15) is 0 Å². The highest BCUT2D eigenvalue weighted by atomic mass is 32.2. The molecule has 6 heteroatoms. The van der Waals surface area contributed by atoms with Crippen molar-refractivity contribution in [3.05, 3.63) is 22.4 Å². The van der Waals surface area contributed by atoms with E-state index in [1.54, 1.807) is 11.3 Å². The third kappa shape index (κ3) is 5.07. The van der Waals surface area contributed by atoms with E-state index in [2.05, 4.69) is 28.4 Å². The fourth-order valence-electron chi connectivity index (χ4n) is 1.42. The molecule has 16 heavy (non-hydrogen) atoms. The Morgan fingerprint density at radius 1 is 1.44 bits per heavy atom. The first-order chi connectivity index (χ1) is 7.53. The molecule has 0 aliphatic carbocycles. The van der Waals surface area contributed by atoms with Crippen molar-refractivity contribution in [2.45, 2.75) is 19.4 Å². The van der Waals surface area contributed by atoms with Gasteiger partial charge in [-0.25, -0.2) is 13.1 Å². The van der Waals surface area contributed by atoms with Crippen molar-refractivity contribution in [3.63, 3.8) is 0 Å². The van der Waals surface area contributed by atoms with Crippen molar-refractivity contribution in [1.29, 1.82) is 0 Å². The second kappa shape index (κ2) is 6.34. The minimum absolute atomic E-state index is 0.321. The lowest BCUT2D eigenvalue weighted by Gasteiger charge is -2.15. The van der Waals surface area contributed by atoms with Gasteiger partial charge >= 0.3 is 0 Å². The second-order valence-electron chi connectivity index (χ2n) is 3.60. The van der Waals surface area contributed by atoms with E-state index in [9.17, 15) is 8.42 Å². The Bertz CT molecular complexity index is 387. The van der Waals surface area contributed by atoms with Crippen LogP contribution in [0.25, 0.3) is 0 Å². The van der Waals surface area contributed by atoms with Crippen LogP contribution in [-0.2, 0) is 10.0 Å². The third-order valence-electron chi connectivity index (χ3n) is 2.17. The molecule has 0 spiro atoms. The van der Waals surface area contributed by atoms with Crippen LogP contribution in [0.4, 0.5) is 0 Å². The zero-order valence-corrected chi connectivity index (χ0v) is 11.2. The molecule has 0 saturated carbocycles. The molecule has 0 amide bonds. The number of nitrogens with one attached hydrogen (secondary N) is 2. The summed E-state index contributed by atoms with van der Waals surface area (Å²) in [7, 11) is -3.07. The molecule has 1 rings (SSSR count). The molecule has 2 N–H and O–H groups in total. The third-order valence-corrected chi connectivity index (χ3v) is 3.89. The van der Waals surface area contributed by atoms with Crippen LogP contribution in [0.2, 0.25) is 0 Å². The summed E-state index contributed by atoms with van der Waals surface area (Å²) in [6.07, 6.45) is 2.17. The largest absolute Gasteiger partial charge is 0.308 e. The van der Waals surface area contributed by atoms with Crippen LogP contribution in [0.5, 0.6) is 0 Å². The Kier molecular flexibility index (Phi) is 5.40. The van der Waals surface area contributed by atoms with E-state index in [4.69, 9.17) is 0 Å². The minimum Gasteiger partial charge on any atom is -0.308 e. The van der Waals surface area contributed by atoms with Gasteiger partial charge in [-0.1, -0.05) is 13.0 Å². The minimum atomic E-state index is -3.07. The van der Waals surface area contributed by atoms with Crippen LogP contribution >= 0.6 is 11.3 Å². The maximum atomic E-state index is 10.8. The summed E-state index contributed by atoms with van der Waals surface area (Å²) < 4.78 is 24.1. The van der Waals surface area contributed by atoms with Crippen LogP contribution in [-0.4, -0.2) is 27.8 Å². The van der Waals surface area contributed by atoms with Crippen molar-refractivity contribution in [2.24, 2.45) is 0 Å². The smallest absolute Gasteiger partial charge is 0.208 e. The van der Waals surface area contributed by atoms with Gasteiger partial charge in [-0.15, -0.1) is 11.3 Å². The first-order valence-electron chi connectivity index (χ1n) is 5.24. The van der Waals surface area contributed by atoms with Gasteiger partial charge in [-0.05, 0) is 17.9 Å². The van der Waals surface area contributed by atoms with Gasteiger partial charge < -0.3 is 5.32 Å². The van der Waals surface area contributed by atoms with Gasteiger partial charge in [0, 0.05) is 24.0 Å². The zero-order chi connectivity index (χ0) is 12.0. The van der Waals surface area contributed by atoms with Crippen molar-refractivity contribution in [1.82, 2.24) is 10.0 Å². The Morgan fingerprint density at radius 2 is 2.19 bits per heavy atom. The summed E-state index contributed by atoms with van der Waals surface area (Å²) >= 11 is 1.72. The summed E-state index contributed by atoms with van der Waals surface area (Å²) in [4.78, 5) is 1.29. The number of hydrogen-bond donors (Lipinski definition) is 2. The van der Waals surface area contributed by atoms with Gasteiger partial charge in [0.15, 0.2) is 0 Å². The summed E-state index contributed by atoms with van der Waals surface area (Å²) in [6.45, 7) is 3.19. The van der Waals surface area contributed by atoms with E-state index in [-0.39, 0.29) is 0 Å². The molecule has 1 unspecified atom stereocenters. The van der Waals surface area contributed by atoms with Crippen molar-refractivity contribution < 1.29 is 8.42 Å². The maximum Gasteiger partial charge on any atom is 0.208 e. The average molecular weight is 262 g/mol. The fraction of sp³-hybridized carbons (Fsp3) is 0.600. The van der Waals surface area contributed by atoms with Crippen LogP contribution in [0.15, 0.2) is 17.5 Å². The highest BCUT2D eigenvalue weighted by Gasteiger charge is 2.09. The lowest BCUT2D eigenvalue weighted by atomic mass is 10.2. The molecule has 1 atom stereocenters. The zero-order valence-electron chi connectivity index (χ0n) is 9.56. The van der Waals surface area contributed by atoms with Gasteiger partial charge in [-0.3, -0.25) is 0 Å². The van der Waals surface area contributed by atoms with Gasteiger partial charge in [0.25, 0.3) is 0 Å². The molecular weight excluding hydrogens is 244 g/mol. The quantitative estimate of drug-likeness (QED) is 0.729. The molecule has 1 aromatic rings. The van der Waals surface area contributed by atoms with Crippen LogP contribution in [0.1, 0.15) is 24.3 Å². The Balaban J connectivity index is 2.31. The molecule has 4 nitrogen and oxygen atoms in total. The van der Waals surface area contributed by atoms with Crippen molar-refractivity contribution in [2.75, 3.05) is 19.3 Å². The molecule has 92 valence electrons. The van der Waals surface area contributed by atoms with Gasteiger partial charge in [0.2, 0.25) is 10.0 Å². The Hall–Kier alpha value is -0.430. The van der Waals surface area contributed by atoms with Crippen LogP contribution in [0.3, 0.4) is 0 Å². The highest BCUT2D eigenvalue weighted by molar-refractivity contribution is 7.88. The van der Waals surface area contributed by atoms with E-state index in [1.165, 1.54) is 11.1 Å². The first-order valence-corrected chi connectivity index (χ1v) is 8.01. The predicted octanol–water partition coefficient (Wildman–Crippen LogP) is 1.34. The second-order valence-corrected chi connectivity index (χ2v) is 6.41. The molecule has 0 fully saturated rings. The lowest BCUT2D eigenvalue weighted by Crippen LogP contribution is -2.32. The molecule has 0 aliphatic rings. The predicted molar refractivity (Wildman–Crippen MR) is 68.2 cm³/mol. The summed E-state index contributed by atoms with van der Waals surface area (Å²) in [5, 5.41) is 5.38. The Labute approximate surface area is 101 Å². The molecule has 0 saturated heterocycles. The number of rotatable bonds is 7. The van der Waals surface area contributed by atoms with Crippen LogP contribution < -0.4 is 10.0 Å². The fourth-order valence-corrected chi connectivity index (χ4v) is 2.78. The van der Waals surface area contributed by atoms with E-state index in [0.717, 1.165) is 6.42 Å². The van der Waals surface area contributed by atoms with Gasteiger partial charge in [0.05, 0.1) is 6.26 Å². The van der Waals surface area contributed by atoms with Crippen molar-refractivity contribution in [3.8, 4) is 0 Å². The van der Waals surface area contributed by atoms with E-state index >= 15 is 0 Å². The first kappa shape index (κ1) is 13.6. The normalized spacial score (nSPS) is 13.9. The molecule has 0 radical (unpaired) electrons. The standard InChI is InChI=1S/C10H18N2O2S2/c1-3-9(10-5-4-8-15-10)11-6-7-12-16(2,13)14/h4-5,8-9,11-12H,3,6-7H2,1-2H3. The lowest BCUT2D eigenvalue weighted by molar-refractivity contribution is 0.523. The summed E-state index contributed by atoms with van der Waals surface area (Å²) in [5.74, 6) is 0. The average Bonchev–Trinajstić information content (AvgIpc) is 2.69. The molecule has 0 aliphatic heterocycles.